The number of halogens is 6. The van der Waals surface area contributed by atoms with E-state index in [4.69, 9.17) is 5.11 Å². The van der Waals surface area contributed by atoms with E-state index >= 15 is 0 Å². The Morgan fingerprint density at radius 3 is 2.17 bits per heavy atom. The van der Waals surface area contributed by atoms with Crippen LogP contribution in [0.3, 0.4) is 0 Å². The van der Waals surface area contributed by atoms with E-state index in [0.29, 0.717) is 22.4 Å². The highest BCUT2D eigenvalue weighted by Crippen LogP contribution is 2.38. The molecule has 40 heavy (non-hydrogen) atoms. The maximum Gasteiger partial charge on any atom is 0.435 e. The van der Waals surface area contributed by atoms with Crippen LogP contribution in [0.25, 0.3) is 0 Å². The lowest BCUT2D eigenvalue weighted by atomic mass is 9.85. The SMILES string of the molecule is CC(Cc1cccc(NC(=O)C(c2ccc(Cn3nc(C(F)(F)F)ccc3=O)cc2)C(C)C(F)(F)F)c1)C(=O)O. The number of carboxylic acid groups (broad SMARTS) is 1. The van der Waals surface area contributed by atoms with Gasteiger partial charge in [0.05, 0.1) is 24.3 Å². The summed E-state index contributed by atoms with van der Waals surface area (Å²) in [5.41, 5.74) is -1.06. The minimum atomic E-state index is -4.78. The van der Waals surface area contributed by atoms with E-state index in [2.05, 4.69) is 10.4 Å². The van der Waals surface area contributed by atoms with Gasteiger partial charge >= 0.3 is 18.3 Å². The summed E-state index contributed by atoms with van der Waals surface area (Å²) in [7, 11) is 0. The van der Waals surface area contributed by atoms with E-state index in [1.807, 2.05) is 0 Å². The van der Waals surface area contributed by atoms with Crippen LogP contribution >= 0.6 is 0 Å². The van der Waals surface area contributed by atoms with Crippen molar-refractivity contribution in [3.05, 3.63) is 93.4 Å². The average Bonchev–Trinajstić information content (AvgIpc) is 2.85. The molecule has 0 saturated heterocycles. The number of carbonyl (C=O) groups is 2. The largest absolute Gasteiger partial charge is 0.481 e. The zero-order valence-corrected chi connectivity index (χ0v) is 21.3. The van der Waals surface area contributed by atoms with Crippen molar-refractivity contribution in [2.75, 3.05) is 5.32 Å². The molecule has 214 valence electrons. The van der Waals surface area contributed by atoms with E-state index in [-0.39, 0.29) is 29.8 Å². The summed E-state index contributed by atoms with van der Waals surface area (Å²) in [5.74, 6) is -6.50. The van der Waals surface area contributed by atoms with Crippen LogP contribution in [0.1, 0.15) is 42.1 Å². The Morgan fingerprint density at radius 2 is 1.60 bits per heavy atom. The number of nitrogens with zero attached hydrogens (tertiary/aromatic N) is 2. The van der Waals surface area contributed by atoms with Gasteiger partial charge in [-0.05, 0) is 41.3 Å². The highest BCUT2D eigenvalue weighted by molar-refractivity contribution is 5.96. The molecular weight excluding hydrogens is 544 g/mol. The van der Waals surface area contributed by atoms with Crippen LogP contribution in [-0.2, 0) is 28.7 Å². The number of benzene rings is 2. The number of rotatable bonds is 9. The van der Waals surface area contributed by atoms with Gasteiger partial charge in [-0.1, -0.05) is 50.2 Å². The summed E-state index contributed by atoms with van der Waals surface area (Å²) < 4.78 is 80.7. The summed E-state index contributed by atoms with van der Waals surface area (Å²) in [6, 6.07) is 12.5. The Labute approximate surface area is 224 Å². The van der Waals surface area contributed by atoms with E-state index in [9.17, 15) is 40.7 Å². The first-order valence-electron chi connectivity index (χ1n) is 12.0. The standard InChI is InChI=1S/C27H25F6N3O4/c1-15(25(39)40)12-18-4-3-5-20(13-18)34-24(38)23(16(2)26(28,29)30)19-8-6-17(7-9-19)14-36-22(37)11-10-21(35-36)27(31,32)33/h3-11,13,15-16,23H,12,14H2,1-2H3,(H,34,38)(H,39,40). The van der Waals surface area contributed by atoms with Gasteiger partial charge in [0.25, 0.3) is 5.56 Å². The zero-order chi connectivity index (χ0) is 29.8. The molecule has 3 unspecified atom stereocenters. The Morgan fingerprint density at radius 1 is 0.950 bits per heavy atom. The molecule has 1 aromatic heterocycles. The quantitative estimate of drug-likeness (QED) is 0.332. The molecule has 7 nitrogen and oxygen atoms in total. The molecule has 13 heteroatoms. The van der Waals surface area contributed by atoms with Crippen molar-refractivity contribution in [1.82, 2.24) is 9.78 Å². The predicted molar refractivity (Wildman–Crippen MR) is 133 cm³/mol. The number of hydrogen-bond acceptors (Lipinski definition) is 4. The third-order valence-electron chi connectivity index (χ3n) is 6.28. The zero-order valence-electron chi connectivity index (χ0n) is 21.3. The monoisotopic (exact) mass is 569 g/mol. The highest BCUT2D eigenvalue weighted by atomic mass is 19.4. The molecule has 0 radical (unpaired) electrons. The van der Waals surface area contributed by atoms with Gasteiger partial charge in [0.15, 0.2) is 5.69 Å². The lowest BCUT2D eigenvalue weighted by Gasteiger charge is -2.26. The number of nitrogens with one attached hydrogen (secondary N) is 1. The molecule has 0 aliphatic rings. The van der Waals surface area contributed by atoms with Crippen LogP contribution in [0.5, 0.6) is 0 Å². The molecular formula is C27H25F6N3O4. The summed E-state index contributed by atoms with van der Waals surface area (Å²) in [6.45, 7) is 1.98. The second-order valence-corrected chi connectivity index (χ2v) is 9.39. The normalized spacial score (nSPS) is 14.3. The molecule has 0 fully saturated rings. The minimum Gasteiger partial charge on any atom is -0.481 e. The van der Waals surface area contributed by atoms with Crippen LogP contribution in [0.4, 0.5) is 32.0 Å². The van der Waals surface area contributed by atoms with Crippen molar-refractivity contribution in [3.63, 3.8) is 0 Å². The van der Waals surface area contributed by atoms with Gasteiger partial charge < -0.3 is 10.4 Å². The number of hydrogen-bond donors (Lipinski definition) is 2. The number of anilines is 1. The second-order valence-electron chi connectivity index (χ2n) is 9.39. The molecule has 2 N–H and O–H groups in total. The summed E-state index contributed by atoms with van der Waals surface area (Å²) in [6.07, 6.45) is -9.37. The molecule has 3 rings (SSSR count). The Hall–Kier alpha value is -4.16. The molecule has 0 saturated carbocycles. The fourth-order valence-electron chi connectivity index (χ4n) is 4.01. The molecule has 1 amide bonds. The first kappa shape index (κ1) is 30.4. The van der Waals surface area contributed by atoms with Crippen molar-refractivity contribution in [3.8, 4) is 0 Å². The molecule has 3 aromatic rings. The smallest absolute Gasteiger partial charge is 0.435 e. The van der Waals surface area contributed by atoms with Gasteiger partial charge in [0.1, 0.15) is 0 Å². The van der Waals surface area contributed by atoms with Crippen LogP contribution in [0.15, 0.2) is 65.5 Å². The molecule has 0 aliphatic carbocycles. The van der Waals surface area contributed by atoms with Gasteiger partial charge in [0, 0.05) is 11.8 Å². The van der Waals surface area contributed by atoms with Gasteiger partial charge in [0.2, 0.25) is 5.91 Å². The Kier molecular flexibility index (Phi) is 9.06. The topological polar surface area (TPSA) is 101 Å². The van der Waals surface area contributed by atoms with Gasteiger partial charge in [-0.15, -0.1) is 0 Å². The van der Waals surface area contributed by atoms with Gasteiger partial charge in [-0.3, -0.25) is 14.4 Å². The molecule has 0 spiro atoms. The number of amides is 1. The van der Waals surface area contributed by atoms with E-state index in [1.165, 1.54) is 43.3 Å². The molecule has 2 aromatic carbocycles. The lowest BCUT2D eigenvalue weighted by Crippen LogP contribution is -2.34. The fourth-order valence-corrected chi connectivity index (χ4v) is 4.01. The Bertz CT molecular complexity index is 1420. The van der Waals surface area contributed by atoms with Crippen molar-refractivity contribution in [2.24, 2.45) is 11.8 Å². The third kappa shape index (κ3) is 7.70. The average molecular weight is 570 g/mol. The number of aliphatic carboxylic acids is 1. The maximum absolute atomic E-state index is 13.7. The van der Waals surface area contributed by atoms with Crippen LogP contribution in [0, 0.1) is 11.8 Å². The Balaban J connectivity index is 1.86. The summed E-state index contributed by atoms with van der Waals surface area (Å²) >= 11 is 0. The van der Waals surface area contributed by atoms with E-state index in [1.54, 1.807) is 12.1 Å². The first-order valence-corrected chi connectivity index (χ1v) is 12.0. The minimum absolute atomic E-state index is 0.00826. The van der Waals surface area contributed by atoms with Crippen molar-refractivity contribution in [2.45, 2.75) is 45.1 Å². The number of carbonyl (C=O) groups excluding carboxylic acids is 1. The number of alkyl halides is 6. The highest BCUT2D eigenvalue weighted by Gasteiger charge is 2.45. The first-order chi connectivity index (χ1) is 18.6. The summed E-state index contributed by atoms with van der Waals surface area (Å²) in [4.78, 5) is 36.2. The summed E-state index contributed by atoms with van der Waals surface area (Å²) in [5, 5.41) is 14.9. The van der Waals surface area contributed by atoms with Gasteiger partial charge in [-0.2, -0.15) is 31.4 Å². The second kappa shape index (κ2) is 11.9. The number of carboxylic acids is 1. The van der Waals surface area contributed by atoms with E-state index in [0.717, 1.165) is 6.92 Å². The van der Waals surface area contributed by atoms with Crippen molar-refractivity contribution < 1.29 is 41.0 Å². The van der Waals surface area contributed by atoms with Crippen molar-refractivity contribution in [1.29, 1.82) is 0 Å². The lowest BCUT2D eigenvalue weighted by molar-refractivity contribution is -0.178. The predicted octanol–water partition coefficient (Wildman–Crippen LogP) is 5.49. The third-order valence-corrected chi connectivity index (χ3v) is 6.28. The fraction of sp³-hybridized carbons (Fsp3) is 0.333. The molecule has 0 aliphatic heterocycles. The molecule has 0 bridgehead atoms. The van der Waals surface area contributed by atoms with Crippen LogP contribution in [0.2, 0.25) is 0 Å². The van der Waals surface area contributed by atoms with E-state index < -0.39 is 53.2 Å². The van der Waals surface area contributed by atoms with Crippen LogP contribution < -0.4 is 10.9 Å². The maximum atomic E-state index is 13.7. The van der Waals surface area contributed by atoms with Crippen LogP contribution in [-0.4, -0.2) is 32.9 Å². The number of aromatic nitrogens is 2. The molecule has 3 atom stereocenters. The molecule has 1 heterocycles. The van der Waals surface area contributed by atoms with Gasteiger partial charge in [-0.25, -0.2) is 4.68 Å². The van der Waals surface area contributed by atoms with Crippen molar-refractivity contribution >= 4 is 17.6 Å².